The van der Waals surface area contributed by atoms with Gasteiger partial charge in [-0.25, -0.2) is 5.10 Å². The van der Waals surface area contributed by atoms with Gasteiger partial charge in [-0.3, -0.25) is 4.98 Å². The van der Waals surface area contributed by atoms with E-state index in [0.717, 1.165) is 28.5 Å². The summed E-state index contributed by atoms with van der Waals surface area (Å²) in [4.78, 5) is 4.56. The Labute approximate surface area is 141 Å². The van der Waals surface area contributed by atoms with Crippen molar-refractivity contribution >= 4 is 15.8 Å². The third-order valence-electron chi connectivity index (χ3n) is 3.28. The Kier molecular flexibility index (Phi) is 4.43. The molecule has 0 aliphatic heterocycles. The molecule has 0 saturated heterocycles. The molecule has 0 amide bonds. The van der Waals surface area contributed by atoms with Crippen LogP contribution in [0.15, 0.2) is 48.5 Å². The Morgan fingerprint density at radius 1 is 1.09 bits per heavy atom. The van der Waals surface area contributed by atoms with Gasteiger partial charge in [0.25, 0.3) is 0 Å². The molecule has 111 valence electrons. The van der Waals surface area contributed by atoms with Crippen molar-refractivity contribution in [2.75, 3.05) is 0 Å². The van der Waals surface area contributed by atoms with E-state index in [9.17, 15) is 0 Å². The van der Waals surface area contributed by atoms with Crippen LogP contribution in [-0.2, 0) is 0 Å². The molecule has 0 fully saturated rings. The number of benzene rings is 1. The van der Waals surface area contributed by atoms with Gasteiger partial charge >= 0.3 is 15.8 Å². The van der Waals surface area contributed by atoms with Gasteiger partial charge in [-0.15, -0.1) is 0 Å². The van der Waals surface area contributed by atoms with Crippen LogP contribution in [0.5, 0.6) is 5.75 Å². The van der Waals surface area contributed by atoms with Crippen LogP contribution >= 0.6 is 0 Å². The minimum Gasteiger partial charge on any atom is -0.630 e. The van der Waals surface area contributed by atoms with E-state index < -0.39 is 15.8 Å². The van der Waals surface area contributed by atoms with E-state index in [1.165, 1.54) is 0 Å². The van der Waals surface area contributed by atoms with Gasteiger partial charge in [-0.05, 0) is 56.3 Å². The van der Waals surface area contributed by atoms with Crippen molar-refractivity contribution in [2.24, 2.45) is 0 Å². The fourth-order valence-corrected chi connectivity index (χ4v) is 3.12. The van der Waals surface area contributed by atoms with Crippen LogP contribution in [-0.4, -0.2) is 29.5 Å². The fourth-order valence-electron chi connectivity index (χ4n) is 2.19. The highest BCUT2D eigenvalue weighted by atomic mass is 27.1. The van der Waals surface area contributed by atoms with E-state index in [1.54, 1.807) is 24.3 Å². The predicted octanol–water partition coefficient (Wildman–Crippen LogP) is 2.89. The molecule has 1 aromatic carbocycles. The molecule has 0 aliphatic rings. The SMILES string of the molecule is Cc1cccc(-c2cc(C)n[n]2[Al][O]c2ccc(C#N)cc2)n1. The molecule has 3 aromatic rings. The normalized spacial score (nSPS) is 10.1. The molecule has 2 heterocycles. The zero-order valence-electron chi connectivity index (χ0n) is 12.9. The minimum atomic E-state index is -0.553. The summed E-state index contributed by atoms with van der Waals surface area (Å²) in [5.74, 6) is 0.732. The molecule has 0 unspecified atom stereocenters. The topological polar surface area (TPSA) is 63.7 Å². The van der Waals surface area contributed by atoms with Gasteiger partial charge in [0.05, 0.1) is 34.5 Å². The Morgan fingerprint density at radius 2 is 1.87 bits per heavy atom. The lowest BCUT2D eigenvalue weighted by Crippen LogP contribution is -2.17. The average Bonchev–Trinajstić information content (AvgIpc) is 2.94. The van der Waals surface area contributed by atoms with Crippen LogP contribution in [0.3, 0.4) is 0 Å². The number of nitrogens with zero attached hydrogens (tertiary/aromatic N) is 4. The van der Waals surface area contributed by atoms with Crippen LogP contribution in [0.1, 0.15) is 17.0 Å². The summed E-state index contributed by atoms with van der Waals surface area (Å²) in [5, 5.41) is 13.3. The van der Waals surface area contributed by atoms with Crippen molar-refractivity contribution < 1.29 is 3.79 Å². The van der Waals surface area contributed by atoms with Crippen LogP contribution in [0.4, 0.5) is 0 Å². The second kappa shape index (κ2) is 6.66. The molecule has 6 heteroatoms. The van der Waals surface area contributed by atoms with Gasteiger partial charge in [0, 0.05) is 5.69 Å². The maximum atomic E-state index is 8.82. The predicted molar refractivity (Wildman–Crippen MR) is 87.9 cm³/mol. The van der Waals surface area contributed by atoms with Crippen molar-refractivity contribution in [3.8, 4) is 23.2 Å². The minimum absolute atomic E-state index is 0.553. The Bertz CT molecular complexity index is 865. The van der Waals surface area contributed by atoms with Crippen molar-refractivity contribution in [3.05, 3.63) is 65.5 Å². The van der Waals surface area contributed by atoms with Crippen molar-refractivity contribution in [1.82, 2.24) is 13.7 Å². The average molecular weight is 317 g/mol. The maximum absolute atomic E-state index is 8.82. The van der Waals surface area contributed by atoms with Crippen molar-refractivity contribution in [1.29, 1.82) is 5.26 Å². The van der Waals surface area contributed by atoms with Crippen LogP contribution in [0, 0.1) is 25.2 Å². The van der Waals surface area contributed by atoms with Gasteiger partial charge in [-0.2, -0.15) is 5.26 Å². The van der Waals surface area contributed by atoms with E-state index in [4.69, 9.17) is 9.05 Å². The molecule has 1 radical (unpaired) electrons. The zero-order chi connectivity index (χ0) is 16.2. The first-order valence-electron chi connectivity index (χ1n) is 7.16. The molecule has 3 rings (SSSR count). The zero-order valence-corrected chi connectivity index (χ0v) is 14.0. The summed E-state index contributed by atoms with van der Waals surface area (Å²) in [6.07, 6.45) is 0. The highest BCUT2D eigenvalue weighted by Gasteiger charge is 2.14. The number of aryl methyl sites for hydroxylation is 2. The first-order valence-corrected chi connectivity index (χ1v) is 8.15. The molecule has 0 aliphatic carbocycles. The molecular formula is C17H14AlN4O. The largest absolute Gasteiger partial charge is 0.738 e. The highest BCUT2D eigenvalue weighted by molar-refractivity contribution is 6.27. The van der Waals surface area contributed by atoms with Gasteiger partial charge in [0.15, 0.2) is 0 Å². The lowest BCUT2D eigenvalue weighted by atomic mass is 10.2. The molecule has 0 N–H and O–H groups in total. The lowest BCUT2D eigenvalue weighted by Gasteiger charge is -2.09. The Balaban J connectivity index is 1.82. The number of rotatable bonds is 4. The molecule has 0 saturated carbocycles. The van der Waals surface area contributed by atoms with E-state index in [0.29, 0.717) is 5.56 Å². The molecule has 2 aromatic heterocycles. The Hall–Kier alpha value is -2.60. The number of aromatic nitrogens is 3. The van der Waals surface area contributed by atoms with Gasteiger partial charge in [0.2, 0.25) is 0 Å². The van der Waals surface area contributed by atoms with E-state index in [-0.39, 0.29) is 0 Å². The smallest absolute Gasteiger partial charge is 0.630 e. The van der Waals surface area contributed by atoms with Crippen molar-refractivity contribution in [3.63, 3.8) is 0 Å². The van der Waals surface area contributed by atoms with Crippen LogP contribution in [0.2, 0.25) is 0 Å². The summed E-state index contributed by atoms with van der Waals surface area (Å²) < 4.78 is 7.71. The second-order valence-corrected chi connectivity index (χ2v) is 6.07. The second-order valence-electron chi connectivity index (χ2n) is 5.14. The van der Waals surface area contributed by atoms with Crippen LogP contribution < -0.4 is 3.79 Å². The third kappa shape index (κ3) is 3.60. The fraction of sp³-hybridized carbons (Fsp3) is 0.118. The molecule has 0 bridgehead atoms. The quantitative estimate of drug-likeness (QED) is 0.694. The van der Waals surface area contributed by atoms with E-state index in [2.05, 4.69) is 16.2 Å². The van der Waals surface area contributed by atoms with Gasteiger partial charge < -0.3 is 7.45 Å². The molecular weight excluding hydrogens is 303 g/mol. The summed E-state index contributed by atoms with van der Waals surface area (Å²) in [6.45, 7) is 3.92. The summed E-state index contributed by atoms with van der Waals surface area (Å²) in [5.41, 5.74) is 4.36. The highest BCUT2D eigenvalue weighted by Crippen LogP contribution is 2.18. The standard InChI is InChI=1S/C10H10N3.C7H5NO.Al/c1-7-4-3-5-9(11-7)10-6-8(2)12-13-10;8-5-6-1-3-7(9)4-2-6;/h3-6H,1-2H3;1-4,9H;/q-1;;+2/p-1. The lowest BCUT2D eigenvalue weighted by molar-refractivity contribution is 0.573. The molecule has 5 nitrogen and oxygen atoms in total. The summed E-state index contributed by atoms with van der Waals surface area (Å²) in [7, 11) is 0. The third-order valence-corrected chi connectivity index (χ3v) is 4.25. The first kappa shape index (κ1) is 15.3. The summed E-state index contributed by atoms with van der Waals surface area (Å²) in [6, 6.07) is 17.1. The van der Waals surface area contributed by atoms with Gasteiger partial charge in [-0.1, -0.05) is 6.07 Å². The van der Waals surface area contributed by atoms with Crippen molar-refractivity contribution in [2.45, 2.75) is 13.8 Å². The maximum Gasteiger partial charge on any atom is 0.738 e. The first-order chi connectivity index (χ1) is 11.2. The molecule has 0 atom stereocenters. The van der Waals surface area contributed by atoms with E-state index >= 15 is 0 Å². The molecule has 0 spiro atoms. The van der Waals surface area contributed by atoms with E-state index in [1.807, 2.05) is 41.8 Å². The van der Waals surface area contributed by atoms with Crippen LogP contribution in [0.25, 0.3) is 11.4 Å². The number of pyridine rings is 1. The van der Waals surface area contributed by atoms with Gasteiger partial charge in [0.1, 0.15) is 0 Å². The summed E-state index contributed by atoms with van der Waals surface area (Å²) >= 11 is -0.553. The Morgan fingerprint density at radius 3 is 2.57 bits per heavy atom. The number of hydrogen-bond donors (Lipinski definition) is 0. The molecule has 23 heavy (non-hydrogen) atoms. The monoisotopic (exact) mass is 317 g/mol. The number of nitriles is 1. The number of hydrogen-bond acceptors (Lipinski definition) is 4.